The van der Waals surface area contributed by atoms with Crippen LogP contribution in [0.25, 0.3) is 0 Å². The molecule has 14 rings (SSSR count). The Morgan fingerprint density at radius 1 is 0.504 bits per heavy atom. The number of nitrogens with one attached hydrogen (secondary N) is 6. The predicted octanol–water partition coefficient (Wildman–Crippen LogP) is -1.75. The number of nitrogens with zero attached hydrogens (tertiary/aromatic N) is 10. The van der Waals surface area contributed by atoms with Crippen LogP contribution in [-0.2, 0) is 158 Å². The lowest BCUT2D eigenvalue weighted by Crippen LogP contribution is -2.69. The lowest BCUT2D eigenvalue weighted by atomic mass is 10.0. The number of rotatable bonds is 34. The number of aryl methyl sites for hydroxylation is 2. The number of aromatic nitrogens is 10. The van der Waals surface area contributed by atoms with Gasteiger partial charge in [0.1, 0.15) is 104 Å². The number of amides is 1. The molecule has 0 saturated carbocycles. The highest BCUT2D eigenvalue weighted by atomic mass is 32.5. The van der Waals surface area contributed by atoms with E-state index in [1.807, 2.05) is 13.8 Å². The number of nitrogen functional groups attached to an aromatic ring is 2. The van der Waals surface area contributed by atoms with E-state index in [1.165, 1.54) is 72.8 Å². The first kappa shape index (κ1) is 98.0. The zero-order valence-corrected chi connectivity index (χ0v) is 77.1. The zero-order chi connectivity index (χ0) is 90.3. The van der Waals surface area contributed by atoms with Gasteiger partial charge in [-0.05, 0) is 121 Å². The molecule has 51 nitrogen and oxygen atoms in total. The van der Waals surface area contributed by atoms with Crippen LogP contribution < -0.4 is 78.1 Å². The van der Waals surface area contributed by atoms with Crippen molar-refractivity contribution in [2.45, 2.75) is 189 Å². The molecule has 9 aliphatic heterocycles. The monoisotopic (exact) mass is 1990 g/mol. The largest absolute Gasteiger partial charge is 0.383 e. The highest BCUT2D eigenvalue weighted by Gasteiger charge is 2.52. The number of carbonyl (C=O) groups is 1. The second-order valence-corrected chi connectivity index (χ2v) is 46.9. The third-order valence-corrected chi connectivity index (χ3v) is 31.0. The SMILES string of the molecule is COP(O)(=S)OC[C@H]1O[C@@H](n2ccc(N)nc2=O)C[C@H]1OP(O)(=S)OC[C@H]1O[C@@H](N2C=NC3C(=O)NC(N)NC32)C[C@H]1OP(O)(=S)OC[C@H]1O[C@@H](n2cc(C)c(=O)[nH]c2=O)C[C@H]1C.COP(O)(=S)OC[C@H]1O[C@@H](n2cnc3c2NCNC3N)C[C@H]1OP(O)(=S)OC[C@H]1O[C@@H](n2cc(C)c(=O)[nH]c2=O)C[C@H]1OP(O)(=S)OC[C@H]1O[C@@H](n2ccc(N)nc2=O)C[C@H]1C. The second kappa shape index (κ2) is 40.5. The van der Waals surface area contributed by atoms with Gasteiger partial charge in [0.05, 0.1) is 95.6 Å². The number of imidazole rings is 1. The summed E-state index contributed by atoms with van der Waals surface area (Å²) in [7, 11) is 2.36. The zero-order valence-electron chi connectivity index (χ0n) is 66.8. The summed E-state index contributed by atoms with van der Waals surface area (Å²) in [5, 5.41) is 11.8. The molecule has 125 heavy (non-hydrogen) atoms. The average Bonchev–Trinajstić information content (AvgIpc) is 1.63. The molecule has 5 aromatic heterocycles. The standard InChI is InChI=1S/C31H47N10O16P3S3.C31H47N10O15P3S3/c1-14-6-22(40-9-15(2)27(42)38-31(40)45)53-18(14)10-51-59(47,62)57-17-8-24(41-13-34-25-26(41)36-29(33)37-28(25)43)55-20(17)12-52-60(48,63)56-16-7-23(39-5-4-21(32)35-30(39)44)54-19(16)11-50-58(46,61)49-3;1-15-6-23(39-5-4-22(32)37-30(39)43)52-19(15)10-50-58(46,61)55-17-7-24(40-9-16(2)29(42)38-31(40)44)53-21(17)12-51-59(47,62)56-18-8-25(54-20(18)11-49-57(45,60)48-3)41-14-36-26-27(33)34-13-35-28(26)41/h4-5,9,13-14,16-20,22-26,29,36H,6-8,10-12,33H2,1-3H3,(H,37,43)(H,46,61)(H,47,62)(H,48,63)(H2,32,35,44)(H,38,42,45);4-5,9,14-15,17-21,23-25,27,34-35H,6-8,10-13,33H2,1-3H3,(H,45,60)(H,46,61)(H,47,62)(H2,32,37,43)(H,38,42,44)/t14-,16-,17-,18-,19-,20-,22-,23-,24-,25?,26?,29?,58?,59?,60?;15-,17-,18-,19-,20-,21-,23-,24-,25-,27?,57?,58?,59?/m11/s1. The van der Waals surface area contributed by atoms with Crippen LogP contribution in [-0.4, -0.2) is 241 Å². The highest BCUT2D eigenvalue weighted by Crippen LogP contribution is 2.56. The van der Waals surface area contributed by atoms with Gasteiger partial charge in [0.25, 0.3) is 17.0 Å². The predicted molar refractivity (Wildman–Crippen MR) is 458 cm³/mol. The number of fused-ring (bicyclic) bond motifs is 2. The molecule has 694 valence electrons. The topological polar surface area (TPSA) is 670 Å². The first-order chi connectivity index (χ1) is 58.8. The van der Waals surface area contributed by atoms with Crippen LogP contribution >= 0.6 is 40.3 Å². The van der Waals surface area contributed by atoms with Crippen molar-refractivity contribution in [3.8, 4) is 0 Å². The lowest BCUT2D eigenvalue weighted by Gasteiger charge is -2.37. The third-order valence-electron chi connectivity index (χ3n) is 21.2. The quantitative estimate of drug-likeness (QED) is 0.0203. The number of aromatic amines is 2. The molecule has 7 saturated heterocycles. The Kier molecular flexibility index (Phi) is 31.7. The van der Waals surface area contributed by atoms with E-state index < -0.39 is 223 Å². The molecule has 0 bridgehead atoms. The molecule has 10 unspecified atom stereocenters. The molecule has 63 heteroatoms. The number of nitrogens with two attached hydrogens (primary N) is 4. The number of carbonyl (C=O) groups excluding carboxylic acids is 1. The van der Waals surface area contributed by atoms with Gasteiger partial charge in [0.15, 0.2) is 6.04 Å². The minimum absolute atomic E-state index is 0.000683. The first-order valence-corrected chi connectivity index (χ1v) is 53.7. The molecule has 0 aromatic carbocycles. The van der Waals surface area contributed by atoms with Crippen molar-refractivity contribution in [2.75, 3.05) is 77.3 Å². The smallest absolute Gasteiger partial charge is 0.351 e. The van der Waals surface area contributed by atoms with Crippen molar-refractivity contribution in [2.24, 2.45) is 28.3 Å². The van der Waals surface area contributed by atoms with Gasteiger partial charge < -0.3 is 145 Å². The number of aliphatic imine (C=N–C) groups is 1. The summed E-state index contributed by atoms with van der Waals surface area (Å²) in [5.74, 6) is -0.0887. The molecule has 14 heterocycles. The van der Waals surface area contributed by atoms with Crippen molar-refractivity contribution >= 4 is 141 Å². The van der Waals surface area contributed by atoms with Gasteiger partial charge in [-0.15, -0.1) is 0 Å². The Labute approximate surface area is 739 Å². The fraction of sp³-hybridized carbons (Fsp3) is 0.661. The van der Waals surface area contributed by atoms with Crippen molar-refractivity contribution in [3.63, 3.8) is 0 Å². The molecular weight excluding hydrogens is 1900 g/mol. The van der Waals surface area contributed by atoms with E-state index in [0.29, 0.717) is 36.6 Å². The van der Waals surface area contributed by atoms with Crippen LogP contribution in [0.1, 0.15) is 106 Å². The Morgan fingerprint density at radius 3 is 1.28 bits per heavy atom. The van der Waals surface area contributed by atoms with Gasteiger partial charge in [0, 0.05) is 75.8 Å². The molecule has 1 amide bonds. The van der Waals surface area contributed by atoms with E-state index in [4.69, 9.17) is 176 Å². The van der Waals surface area contributed by atoms with E-state index in [0.717, 1.165) is 16.2 Å². The van der Waals surface area contributed by atoms with Gasteiger partial charge in [-0.25, -0.2) is 24.2 Å². The van der Waals surface area contributed by atoms with E-state index >= 15 is 0 Å². The number of anilines is 3. The highest BCUT2D eigenvalue weighted by molar-refractivity contribution is 8.08. The molecule has 0 spiro atoms. The fourth-order valence-electron chi connectivity index (χ4n) is 14.8. The maximum absolute atomic E-state index is 12.9. The maximum atomic E-state index is 12.9. The van der Waals surface area contributed by atoms with E-state index in [9.17, 15) is 62.9 Å². The van der Waals surface area contributed by atoms with Crippen LogP contribution in [0.5, 0.6) is 0 Å². The summed E-state index contributed by atoms with van der Waals surface area (Å²) in [6.07, 6.45) is -7.83. The minimum Gasteiger partial charge on any atom is -0.383 e. The average molecular weight is 1990 g/mol. The van der Waals surface area contributed by atoms with E-state index in [1.54, 1.807) is 16.4 Å². The first-order valence-electron chi connectivity index (χ1n) is 38.2. The summed E-state index contributed by atoms with van der Waals surface area (Å²) in [4.78, 5) is 176. The summed E-state index contributed by atoms with van der Waals surface area (Å²) in [6, 6.07) is 1.99. The van der Waals surface area contributed by atoms with Gasteiger partial charge in [-0.1, -0.05) is 13.8 Å². The maximum Gasteiger partial charge on any atom is 0.351 e. The van der Waals surface area contributed by atoms with Crippen molar-refractivity contribution in [1.29, 1.82) is 0 Å². The normalized spacial score (nSPS) is 33.1. The lowest BCUT2D eigenvalue weighted by molar-refractivity contribution is -0.129. The molecule has 0 aliphatic carbocycles. The third kappa shape index (κ3) is 24.5. The molecule has 0 radical (unpaired) electrons. The Hall–Kier alpha value is -4.55. The molecule has 28 atom stereocenters. The van der Waals surface area contributed by atoms with Crippen molar-refractivity contribution < 1.29 is 117 Å². The van der Waals surface area contributed by atoms with E-state index in [-0.39, 0.29) is 74.5 Å². The summed E-state index contributed by atoms with van der Waals surface area (Å²) < 4.78 is 111. The molecule has 20 N–H and O–H groups in total. The molecule has 9 aliphatic rings. The molecule has 5 aromatic rings. The Morgan fingerprint density at radius 2 is 0.864 bits per heavy atom. The van der Waals surface area contributed by atoms with Crippen LogP contribution in [0, 0.1) is 25.7 Å². The van der Waals surface area contributed by atoms with Gasteiger partial charge in [-0.3, -0.25) is 68.5 Å². The summed E-state index contributed by atoms with van der Waals surface area (Å²) >= 11 is 31.7. The van der Waals surface area contributed by atoms with Crippen LogP contribution in [0.15, 0.2) is 77.0 Å². The molecular formula is C62H94N20O31P6S6. The van der Waals surface area contributed by atoms with Gasteiger partial charge in [-0.2, -0.15) is 9.97 Å². The summed E-state index contributed by atoms with van der Waals surface area (Å²) in [6.45, 7) is -19.0. The number of hydrogen-bond donors (Lipinski definition) is 16. The van der Waals surface area contributed by atoms with Gasteiger partial charge >= 0.3 is 63.1 Å². The fourth-order valence-corrected chi connectivity index (χ4v) is 21.9. The Balaban J connectivity index is 0.000000215. The molecule has 7 fully saturated rings. The van der Waals surface area contributed by atoms with Crippen LogP contribution in [0.2, 0.25) is 0 Å². The number of ether oxygens (including phenoxy) is 6. The van der Waals surface area contributed by atoms with Crippen LogP contribution in [0.4, 0.5) is 17.5 Å². The minimum atomic E-state index is -4.24. The van der Waals surface area contributed by atoms with Crippen molar-refractivity contribution in [1.82, 2.24) is 68.6 Å². The number of H-pyrrole nitrogens is 2. The van der Waals surface area contributed by atoms with Crippen LogP contribution in [0.3, 0.4) is 0 Å². The van der Waals surface area contributed by atoms with E-state index in [2.05, 4.69) is 51.2 Å². The number of hydrogen-bond acceptors (Lipinski definition) is 43. The van der Waals surface area contributed by atoms with Crippen molar-refractivity contribution in [3.05, 3.63) is 123 Å². The summed E-state index contributed by atoms with van der Waals surface area (Å²) in [5.41, 5.74) is 20.7. The Bertz CT molecular complexity index is 5500. The van der Waals surface area contributed by atoms with Gasteiger partial charge in [0.2, 0.25) is 0 Å². The second-order valence-electron chi connectivity index (χ2n) is 29.9.